The fourth-order valence-electron chi connectivity index (χ4n) is 3.23. The zero-order chi connectivity index (χ0) is 18.4. The monoisotopic (exact) mass is 367 g/mol. The predicted octanol–water partition coefficient (Wildman–Crippen LogP) is 2.15. The van der Waals surface area contributed by atoms with E-state index in [9.17, 15) is 9.59 Å². The molecule has 3 heterocycles. The smallest absolute Gasteiger partial charge is 0.277 e. The Balaban J connectivity index is 1.68. The number of amides is 2. The molecule has 26 heavy (non-hydrogen) atoms. The van der Waals surface area contributed by atoms with E-state index in [4.69, 9.17) is 5.73 Å². The van der Waals surface area contributed by atoms with E-state index >= 15 is 0 Å². The number of carbonyl (C=O) groups excluding carboxylic acids is 2. The van der Waals surface area contributed by atoms with Crippen molar-refractivity contribution < 1.29 is 9.59 Å². The van der Waals surface area contributed by atoms with E-state index in [0.717, 1.165) is 33.8 Å². The summed E-state index contributed by atoms with van der Waals surface area (Å²) >= 11 is 1.30. The molecule has 0 atom stereocenters. The molecule has 0 saturated heterocycles. The molecule has 8 heteroatoms. The summed E-state index contributed by atoms with van der Waals surface area (Å²) in [6.07, 6.45) is 3.98. The van der Waals surface area contributed by atoms with E-state index in [1.54, 1.807) is 22.0 Å². The van der Waals surface area contributed by atoms with Gasteiger partial charge in [-0.2, -0.15) is 0 Å². The SMILES string of the molecule is Cc1sc(C(N)=O)nc1-c1ccc2c(c1)CCN2C(=O)c1cncn1C. The number of nitrogens with two attached hydrogens (primary N) is 1. The summed E-state index contributed by atoms with van der Waals surface area (Å²) in [6.45, 7) is 2.55. The van der Waals surface area contributed by atoms with Crippen molar-refractivity contribution in [1.29, 1.82) is 0 Å². The van der Waals surface area contributed by atoms with Crippen LogP contribution >= 0.6 is 11.3 Å². The topological polar surface area (TPSA) is 94.1 Å². The van der Waals surface area contributed by atoms with E-state index in [-0.39, 0.29) is 5.91 Å². The molecule has 0 spiro atoms. The Morgan fingerprint density at radius 1 is 1.31 bits per heavy atom. The van der Waals surface area contributed by atoms with Gasteiger partial charge in [-0.25, -0.2) is 9.97 Å². The molecule has 0 unspecified atom stereocenters. The lowest BCUT2D eigenvalue weighted by atomic mass is 10.1. The standard InChI is InChI=1S/C18H17N5O2S/c1-10-15(21-17(26-10)16(19)24)12-3-4-13-11(7-12)5-6-23(13)18(25)14-8-20-9-22(14)2/h3-4,7-9H,5-6H2,1-2H3,(H2,19,24). The number of primary amides is 1. The average Bonchev–Trinajstić information content (AvgIpc) is 3.31. The number of imidazole rings is 1. The fourth-order valence-corrected chi connectivity index (χ4v) is 4.02. The summed E-state index contributed by atoms with van der Waals surface area (Å²) in [5.74, 6) is -0.573. The summed E-state index contributed by atoms with van der Waals surface area (Å²) in [5.41, 5.74) is 9.58. The molecule has 0 fully saturated rings. The molecule has 0 bridgehead atoms. The van der Waals surface area contributed by atoms with Gasteiger partial charge in [0.15, 0.2) is 5.01 Å². The number of anilines is 1. The molecular formula is C18H17N5O2S. The third kappa shape index (κ3) is 2.59. The van der Waals surface area contributed by atoms with Gasteiger partial charge in [-0.15, -0.1) is 11.3 Å². The summed E-state index contributed by atoms with van der Waals surface area (Å²) in [7, 11) is 1.81. The van der Waals surface area contributed by atoms with Crippen LogP contribution in [0, 0.1) is 6.92 Å². The molecule has 4 rings (SSSR count). The van der Waals surface area contributed by atoms with Crippen LogP contribution in [0.15, 0.2) is 30.7 Å². The number of fused-ring (bicyclic) bond motifs is 1. The van der Waals surface area contributed by atoms with E-state index in [0.29, 0.717) is 17.2 Å². The summed E-state index contributed by atoms with van der Waals surface area (Å²) in [5, 5.41) is 0.311. The van der Waals surface area contributed by atoms with Gasteiger partial charge in [-0.3, -0.25) is 9.59 Å². The lowest BCUT2D eigenvalue weighted by Crippen LogP contribution is -2.30. The number of nitrogens with zero attached hydrogens (tertiary/aromatic N) is 4. The molecule has 0 saturated carbocycles. The van der Waals surface area contributed by atoms with Gasteiger partial charge in [0.1, 0.15) is 5.69 Å². The third-order valence-corrected chi connectivity index (χ3v) is 5.52. The van der Waals surface area contributed by atoms with Crippen molar-refractivity contribution >= 4 is 28.8 Å². The highest BCUT2D eigenvalue weighted by Crippen LogP contribution is 2.35. The van der Waals surface area contributed by atoms with E-state index < -0.39 is 5.91 Å². The fraction of sp³-hybridized carbons (Fsp3) is 0.222. The number of carbonyl (C=O) groups is 2. The van der Waals surface area contributed by atoms with Gasteiger partial charge >= 0.3 is 0 Å². The first-order valence-corrected chi connectivity index (χ1v) is 8.96. The summed E-state index contributed by atoms with van der Waals surface area (Å²) < 4.78 is 1.72. The Kier molecular flexibility index (Phi) is 3.84. The van der Waals surface area contributed by atoms with Crippen LogP contribution in [0.25, 0.3) is 11.3 Å². The van der Waals surface area contributed by atoms with Crippen LogP contribution in [-0.2, 0) is 13.5 Å². The number of aromatic nitrogens is 3. The average molecular weight is 367 g/mol. The van der Waals surface area contributed by atoms with Gasteiger partial charge in [0.2, 0.25) is 0 Å². The molecule has 0 radical (unpaired) electrons. The van der Waals surface area contributed by atoms with Crippen molar-refractivity contribution in [3.63, 3.8) is 0 Å². The molecule has 2 aromatic heterocycles. The first-order valence-electron chi connectivity index (χ1n) is 8.14. The maximum Gasteiger partial charge on any atom is 0.277 e. The maximum absolute atomic E-state index is 12.8. The van der Waals surface area contributed by atoms with Crippen LogP contribution in [0.1, 0.15) is 30.7 Å². The molecule has 1 aliphatic heterocycles. The number of hydrogen-bond donors (Lipinski definition) is 1. The summed E-state index contributed by atoms with van der Waals surface area (Å²) in [6, 6.07) is 5.91. The lowest BCUT2D eigenvalue weighted by molar-refractivity contribution is 0.0978. The van der Waals surface area contributed by atoms with Crippen molar-refractivity contribution in [1.82, 2.24) is 14.5 Å². The van der Waals surface area contributed by atoms with E-state index in [1.165, 1.54) is 11.3 Å². The number of hydrogen-bond acceptors (Lipinski definition) is 5. The van der Waals surface area contributed by atoms with Gasteiger partial charge in [-0.05, 0) is 31.0 Å². The predicted molar refractivity (Wildman–Crippen MR) is 99.4 cm³/mol. The zero-order valence-electron chi connectivity index (χ0n) is 14.4. The lowest BCUT2D eigenvalue weighted by Gasteiger charge is -2.17. The highest BCUT2D eigenvalue weighted by Gasteiger charge is 2.27. The number of aryl methyl sites for hydroxylation is 2. The highest BCUT2D eigenvalue weighted by atomic mass is 32.1. The minimum Gasteiger partial charge on any atom is -0.364 e. The molecule has 0 aliphatic carbocycles. The Bertz CT molecular complexity index is 1040. The zero-order valence-corrected chi connectivity index (χ0v) is 15.2. The van der Waals surface area contributed by atoms with Crippen molar-refractivity contribution in [3.8, 4) is 11.3 Å². The Hall–Kier alpha value is -3.00. The Morgan fingerprint density at radius 2 is 2.12 bits per heavy atom. The second kappa shape index (κ2) is 6.06. The first-order chi connectivity index (χ1) is 12.5. The summed E-state index contributed by atoms with van der Waals surface area (Å²) in [4.78, 5) is 35.2. The molecular weight excluding hydrogens is 350 g/mol. The van der Waals surface area contributed by atoms with Crippen LogP contribution in [0.4, 0.5) is 5.69 Å². The first kappa shape index (κ1) is 16.5. The Morgan fingerprint density at radius 3 is 2.77 bits per heavy atom. The van der Waals surface area contributed by atoms with E-state index in [2.05, 4.69) is 9.97 Å². The van der Waals surface area contributed by atoms with Gasteiger partial charge in [0.25, 0.3) is 11.8 Å². The quantitative estimate of drug-likeness (QED) is 0.767. The molecule has 132 valence electrons. The van der Waals surface area contributed by atoms with Crippen molar-refractivity contribution in [2.45, 2.75) is 13.3 Å². The Labute approximate surface area is 154 Å². The van der Waals surface area contributed by atoms with Crippen molar-refractivity contribution in [2.75, 3.05) is 11.4 Å². The maximum atomic E-state index is 12.8. The third-order valence-electron chi connectivity index (χ3n) is 4.54. The molecule has 2 amide bonds. The molecule has 1 aliphatic rings. The molecule has 3 aromatic rings. The number of rotatable bonds is 3. The van der Waals surface area contributed by atoms with Crippen LogP contribution in [0.2, 0.25) is 0 Å². The normalized spacial score (nSPS) is 13.1. The van der Waals surface area contributed by atoms with E-state index in [1.807, 2.05) is 32.2 Å². The largest absolute Gasteiger partial charge is 0.364 e. The number of thiazole rings is 1. The molecule has 1 aromatic carbocycles. The van der Waals surface area contributed by atoms with Gasteiger partial charge in [-0.1, -0.05) is 6.07 Å². The number of benzene rings is 1. The second-order valence-corrected chi connectivity index (χ2v) is 7.43. The van der Waals surface area contributed by atoms with Crippen LogP contribution < -0.4 is 10.6 Å². The van der Waals surface area contributed by atoms with Crippen LogP contribution in [-0.4, -0.2) is 32.9 Å². The van der Waals surface area contributed by atoms with Crippen LogP contribution in [0.5, 0.6) is 0 Å². The molecule has 2 N–H and O–H groups in total. The van der Waals surface area contributed by atoms with Gasteiger partial charge in [0.05, 0.1) is 18.2 Å². The van der Waals surface area contributed by atoms with Crippen molar-refractivity contribution in [2.24, 2.45) is 12.8 Å². The van der Waals surface area contributed by atoms with Crippen LogP contribution in [0.3, 0.4) is 0 Å². The highest BCUT2D eigenvalue weighted by molar-refractivity contribution is 7.14. The minimum atomic E-state index is -0.515. The minimum absolute atomic E-state index is 0.0580. The van der Waals surface area contributed by atoms with Gasteiger partial charge < -0.3 is 15.2 Å². The van der Waals surface area contributed by atoms with Crippen molar-refractivity contribution in [3.05, 3.63) is 51.9 Å². The van der Waals surface area contributed by atoms with Gasteiger partial charge in [0, 0.05) is 29.7 Å². The second-order valence-electron chi connectivity index (χ2n) is 6.23. The molecule has 7 nitrogen and oxygen atoms in total.